The minimum absolute atomic E-state index is 0.667. The van der Waals surface area contributed by atoms with Crippen LogP contribution in [0.15, 0.2) is 34.8 Å². The number of rotatable bonds is 6. The van der Waals surface area contributed by atoms with Crippen LogP contribution in [0.5, 0.6) is 0 Å². The van der Waals surface area contributed by atoms with Gasteiger partial charge in [-0.25, -0.2) is 0 Å². The molecule has 0 saturated heterocycles. The molecule has 0 amide bonds. The second-order valence-electron chi connectivity index (χ2n) is 5.19. The summed E-state index contributed by atoms with van der Waals surface area (Å²) < 4.78 is 2.14. The maximum Gasteiger partial charge on any atom is 0.191 e. The molecule has 7 heteroatoms. The molecule has 0 fully saturated rings. The van der Waals surface area contributed by atoms with Crippen molar-refractivity contribution in [2.45, 2.75) is 37.7 Å². The number of thiophene rings is 1. The molecule has 1 aromatic carbocycles. The van der Waals surface area contributed by atoms with Crippen LogP contribution in [0.3, 0.4) is 0 Å². The normalized spacial score (nSPS) is 11.2. The van der Waals surface area contributed by atoms with Crippen molar-refractivity contribution in [1.82, 2.24) is 14.8 Å². The number of hydrogen-bond acceptors (Lipinski definition) is 4. The predicted octanol–water partition coefficient (Wildman–Crippen LogP) is 6.19. The number of hydrogen-bond donors (Lipinski definition) is 0. The fraction of sp³-hybridized carbons (Fsp3) is 0.294. The number of thioether (sulfide) groups is 1. The van der Waals surface area contributed by atoms with Gasteiger partial charge in [0.1, 0.15) is 0 Å². The molecule has 0 unspecified atom stereocenters. The third-order valence-corrected chi connectivity index (χ3v) is 6.48. The molecule has 24 heavy (non-hydrogen) atoms. The minimum atomic E-state index is 0.667. The molecule has 0 bridgehead atoms. The number of nitrogens with zero attached hydrogens (tertiary/aromatic N) is 3. The SMILES string of the molecule is CCc1cc(-c2nnc(SCc3c(Cl)cccc3Cl)n2CC)cs1. The average molecular weight is 398 g/mol. The van der Waals surface area contributed by atoms with Crippen molar-refractivity contribution < 1.29 is 0 Å². The summed E-state index contributed by atoms with van der Waals surface area (Å²) >= 11 is 15.9. The lowest BCUT2D eigenvalue weighted by Gasteiger charge is -2.08. The van der Waals surface area contributed by atoms with Crippen LogP contribution in [0.4, 0.5) is 0 Å². The van der Waals surface area contributed by atoms with E-state index in [2.05, 4.69) is 40.1 Å². The van der Waals surface area contributed by atoms with Gasteiger partial charge in [0.05, 0.1) is 0 Å². The van der Waals surface area contributed by atoms with Crippen LogP contribution in [0.25, 0.3) is 11.4 Å². The second kappa shape index (κ2) is 7.91. The quantitative estimate of drug-likeness (QED) is 0.464. The number of benzene rings is 1. The lowest BCUT2D eigenvalue weighted by molar-refractivity contribution is 0.687. The van der Waals surface area contributed by atoms with Gasteiger partial charge in [-0.3, -0.25) is 0 Å². The highest BCUT2D eigenvalue weighted by Gasteiger charge is 2.15. The lowest BCUT2D eigenvalue weighted by Crippen LogP contribution is -1.99. The summed E-state index contributed by atoms with van der Waals surface area (Å²) in [4.78, 5) is 1.35. The molecule has 3 aromatic rings. The fourth-order valence-electron chi connectivity index (χ4n) is 2.38. The van der Waals surface area contributed by atoms with Gasteiger partial charge in [0.25, 0.3) is 0 Å². The first-order valence-electron chi connectivity index (χ1n) is 7.70. The van der Waals surface area contributed by atoms with E-state index in [1.165, 1.54) is 4.88 Å². The fourth-order valence-corrected chi connectivity index (χ4v) is 4.94. The van der Waals surface area contributed by atoms with E-state index in [0.29, 0.717) is 15.8 Å². The highest BCUT2D eigenvalue weighted by molar-refractivity contribution is 7.98. The van der Waals surface area contributed by atoms with Crippen molar-refractivity contribution in [1.29, 1.82) is 0 Å². The lowest BCUT2D eigenvalue weighted by atomic mass is 10.2. The monoisotopic (exact) mass is 397 g/mol. The van der Waals surface area contributed by atoms with Gasteiger partial charge in [0.2, 0.25) is 0 Å². The molecule has 2 aromatic heterocycles. The molecular formula is C17H17Cl2N3S2. The zero-order chi connectivity index (χ0) is 17.1. The molecule has 3 nitrogen and oxygen atoms in total. The van der Waals surface area contributed by atoms with E-state index in [0.717, 1.165) is 35.1 Å². The summed E-state index contributed by atoms with van der Waals surface area (Å²) in [6.07, 6.45) is 1.04. The maximum absolute atomic E-state index is 6.25. The zero-order valence-corrected chi connectivity index (χ0v) is 16.6. The molecule has 0 radical (unpaired) electrons. The summed E-state index contributed by atoms with van der Waals surface area (Å²) in [6.45, 7) is 5.08. The van der Waals surface area contributed by atoms with Crippen LogP contribution in [0.2, 0.25) is 10.0 Å². The van der Waals surface area contributed by atoms with Crippen LogP contribution >= 0.6 is 46.3 Å². The van der Waals surface area contributed by atoms with E-state index in [-0.39, 0.29) is 0 Å². The van der Waals surface area contributed by atoms with Gasteiger partial charge >= 0.3 is 0 Å². The van der Waals surface area contributed by atoms with E-state index in [4.69, 9.17) is 23.2 Å². The van der Waals surface area contributed by atoms with E-state index in [9.17, 15) is 0 Å². The Labute approximate surface area is 160 Å². The molecular weight excluding hydrogens is 381 g/mol. The molecule has 0 spiro atoms. The first kappa shape index (κ1) is 17.8. The van der Waals surface area contributed by atoms with Crippen molar-refractivity contribution in [3.05, 3.63) is 50.1 Å². The smallest absolute Gasteiger partial charge is 0.191 e. The van der Waals surface area contributed by atoms with Crippen LogP contribution < -0.4 is 0 Å². The Balaban J connectivity index is 1.84. The van der Waals surface area contributed by atoms with Gasteiger partial charge in [-0.05, 0) is 37.1 Å². The Kier molecular flexibility index (Phi) is 5.87. The second-order valence-corrected chi connectivity index (χ2v) is 7.95. The molecule has 126 valence electrons. The molecule has 0 N–H and O–H groups in total. The first-order valence-corrected chi connectivity index (χ1v) is 10.3. The van der Waals surface area contributed by atoms with Crippen molar-refractivity contribution in [2.24, 2.45) is 0 Å². The predicted molar refractivity (Wildman–Crippen MR) is 104 cm³/mol. The zero-order valence-electron chi connectivity index (χ0n) is 13.4. The number of aryl methyl sites for hydroxylation is 1. The molecule has 3 rings (SSSR count). The number of aromatic nitrogens is 3. The van der Waals surface area contributed by atoms with Crippen molar-refractivity contribution >= 4 is 46.3 Å². The van der Waals surface area contributed by atoms with E-state index >= 15 is 0 Å². The van der Waals surface area contributed by atoms with E-state index in [1.807, 2.05) is 18.2 Å². The van der Waals surface area contributed by atoms with Gasteiger partial charge in [-0.1, -0.05) is 48.0 Å². The van der Waals surface area contributed by atoms with Gasteiger partial charge in [-0.2, -0.15) is 0 Å². The standard InChI is InChI=1S/C17H17Cl2N3S2/c1-3-12-8-11(9-23-12)16-20-21-17(22(16)4-2)24-10-13-14(18)6-5-7-15(13)19/h5-9H,3-4,10H2,1-2H3. The molecule has 0 aliphatic carbocycles. The van der Waals surface area contributed by atoms with Crippen LogP contribution in [-0.2, 0) is 18.7 Å². The van der Waals surface area contributed by atoms with Gasteiger partial charge < -0.3 is 4.57 Å². The van der Waals surface area contributed by atoms with Gasteiger partial charge in [0, 0.05) is 38.2 Å². The minimum Gasteiger partial charge on any atom is -0.302 e. The molecule has 0 atom stereocenters. The van der Waals surface area contributed by atoms with Crippen LogP contribution in [0.1, 0.15) is 24.3 Å². The van der Waals surface area contributed by atoms with Gasteiger partial charge in [0.15, 0.2) is 11.0 Å². The largest absolute Gasteiger partial charge is 0.302 e. The maximum atomic E-state index is 6.25. The van der Waals surface area contributed by atoms with E-state index in [1.54, 1.807) is 23.1 Å². The Morgan fingerprint density at radius 1 is 1.17 bits per heavy atom. The molecule has 2 heterocycles. The molecule has 0 aliphatic rings. The summed E-state index contributed by atoms with van der Waals surface area (Å²) in [5.41, 5.74) is 2.07. The summed E-state index contributed by atoms with van der Waals surface area (Å²) in [5.74, 6) is 1.58. The summed E-state index contributed by atoms with van der Waals surface area (Å²) in [7, 11) is 0. The van der Waals surface area contributed by atoms with E-state index < -0.39 is 0 Å². The van der Waals surface area contributed by atoms with Crippen molar-refractivity contribution in [3.8, 4) is 11.4 Å². The Morgan fingerprint density at radius 2 is 1.92 bits per heavy atom. The Hall–Kier alpha value is -1.01. The summed E-state index contributed by atoms with van der Waals surface area (Å²) in [5, 5.41) is 13.2. The third kappa shape index (κ3) is 3.64. The molecule has 0 saturated carbocycles. The van der Waals surface area contributed by atoms with Crippen LogP contribution in [0, 0.1) is 0 Å². The number of halogens is 2. The van der Waals surface area contributed by atoms with Crippen LogP contribution in [-0.4, -0.2) is 14.8 Å². The third-order valence-electron chi connectivity index (χ3n) is 3.70. The topological polar surface area (TPSA) is 30.7 Å². The highest BCUT2D eigenvalue weighted by Crippen LogP contribution is 2.33. The highest BCUT2D eigenvalue weighted by atomic mass is 35.5. The molecule has 0 aliphatic heterocycles. The van der Waals surface area contributed by atoms with Crippen molar-refractivity contribution in [2.75, 3.05) is 0 Å². The van der Waals surface area contributed by atoms with Crippen molar-refractivity contribution in [3.63, 3.8) is 0 Å². The van der Waals surface area contributed by atoms with Gasteiger partial charge in [-0.15, -0.1) is 21.5 Å². The Bertz CT molecular complexity index is 822. The first-order chi connectivity index (χ1) is 11.6. The summed E-state index contributed by atoms with van der Waals surface area (Å²) in [6, 6.07) is 7.77. The Morgan fingerprint density at radius 3 is 2.54 bits per heavy atom. The average Bonchev–Trinajstić information content (AvgIpc) is 3.20.